The van der Waals surface area contributed by atoms with Crippen LogP contribution in [0.15, 0.2) is 45.3 Å². The van der Waals surface area contributed by atoms with Crippen LogP contribution in [-0.4, -0.2) is 33.0 Å². The predicted octanol–water partition coefficient (Wildman–Crippen LogP) is 4.26. The zero-order chi connectivity index (χ0) is 23.5. The van der Waals surface area contributed by atoms with Crippen LogP contribution in [0.25, 0.3) is 10.2 Å². The van der Waals surface area contributed by atoms with E-state index in [-0.39, 0.29) is 29.0 Å². The van der Waals surface area contributed by atoms with Crippen molar-refractivity contribution in [1.29, 1.82) is 0 Å². The van der Waals surface area contributed by atoms with Gasteiger partial charge in [0.25, 0.3) is 5.56 Å². The number of benzene rings is 1. The van der Waals surface area contributed by atoms with Crippen molar-refractivity contribution in [1.82, 2.24) is 14.0 Å². The summed E-state index contributed by atoms with van der Waals surface area (Å²) < 4.78 is 3.80. The molecule has 33 heavy (non-hydrogen) atoms. The number of aryl methyl sites for hydroxylation is 1. The molecule has 0 N–H and O–H groups in total. The number of fused-ring (bicyclic) bond motifs is 1. The smallest absolute Gasteiger partial charge is 0.331 e. The highest BCUT2D eigenvalue weighted by molar-refractivity contribution is 7.17. The Kier molecular flexibility index (Phi) is 7.17. The second kappa shape index (κ2) is 10.1. The third kappa shape index (κ3) is 4.83. The van der Waals surface area contributed by atoms with E-state index in [9.17, 15) is 14.4 Å². The summed E-state index contributed by atoms with van der Waals surface area (Å²) in [5.74, 6) is 0.549. The highest BCUT2D eigenvalue weighted by Crippen LogP contribution is 2.31. The number of carbonyl (C=O) groups excluding carboxylic acids is 1. The van der Waals surface area contributed by atoms with E-state index in [0.717, 1.165) is 44.3 Å². The van der Waals surface area contributed by atoms with Crippen LogP contribution in [0.5, 0.6) is 0 Å². The van der Waals surface area contributed by atoms with Crippen molar-refractivity contribution in [2.24, 2.45) is 11.8 Å². The SMILES string of the molecule is CCN(CC)C(=O)C1CCC(Cn2c(=O)c3sccc3n(Cc3ccc(C)cc3)c2=O)CC1. The first-order valence-corrected chi connectivity index (χ1v) is 12.9. The molecule has 1 fully saturated rings. The van der Waals surface area contributed by atoms with Gasteiger partial charge < -0.3 is 4.90 Å². The Labute approximate surface area is 198 Å². The van der Waals surface area contributed by atoms with Crippen molar-refractivity contribution in [2.75, 3.05) is 13.1 Å². The molecule has 6 nitrogen and oxygen atoms in total. The molecule has 2 aromatic heterocycles. The van der Waals surface area contributed by atoms with Crippen molar-refractivity contribution < 1.29 is 4.79 Å². The van der Waals surface area contributed by atoms with Gasteiger partial charge in [-0.05, 0) is 69.4 Å². The van der Waals surface area contributed by atoms with Gasteiger partial charge in [0.1, 0.15) is 4.70 Å². The van der Waals surface area contributed by atoms with Gasteiger partial charge in [-0.3, -0.25) is 18.7 Å². The molecule has 176 valence electrons. The van der Waals surface area contributed by atoms with E-state index in [1.165, 1.54) is 21.5 Å². The van der Waals surface area contributed by atoms with E-state index in [2.05, 4.69) is 0 Å². The predicted molar refractivity (Wildman–Crippen MR) is 134 cm³/mol. The van der Waals surface area contributed by atoms with E-state index in [1.54, 1.807) is 4.57 Å². The average Bonchev–Trinajstić information content (AvgIpc) is 3.32. The Morgan fingerprint density at radius 3 is 2.30 bits per heavy atom. The standard InChI is InChI=1S/C26H33N3O3S/c1-4-27(5-2)24(30)21-12-10-20(11-13-21)17-29-25(31)23-22(14-15-33-23)28(26(29)32)16-19-8-6-18(3)7-9-19/h6-9,14-15,20-21H,4-5,10-13,16-17H2,1-3H3. The lowest BCUT2D eigenvalue weighted by Gasteiger charge is -2.31. The second-order valence-electron chi connectivity index (χ2n) is 9.13. The fourth-order valence-corrected chi connectivity index (χ4v) is 5.81. The maximum atomic E-state index is 13.5. The quantitative estimate of drug-likeness (QED) is 0.522. The number of hydrogen-bond donors (Lipinski definition) is 0. The molecule has 1 amide bonds. The van der Waals surface area contributed by atoms with Gasteiger partial charge in [0, 0.05) is 25.6 Å². The monoisotopic (exact) mass is 467 g/mol. The fraction of sp³-hybridized carbons (Fsp3) is 0.500. The van der Waals surface area contributed by atoms with Crippen molar-refractivity contribution in [2.45, 2.75) is 59.5 Å². The van der Waals surface area contributed by atoms with Crippen molar-refractivity contribution in [3.05, 3.63) is 67.7 Å². The van der Waals surface area contributed by atoms with Crippen LogP contribution in [0.2, 0.25) is 0 Å². The molecule has 0 saturated heterocycles. The maximum Gasteiger partial charge on any atom is 0.331 e. The minimum atomic E-state index is -0.243. The third-order valence-corrected chi connectivity index (χ3v) is 7.90. The zero-order valence-corrected chi connectivity index (χ0v) is 20.6. The van der Waals surface area contributed by atoms with E-state index < -0.39 is 0 Å². The maximum absolute atomic E-state index is 13.5. The van der Waals surface area contributed by atoms with Gasteiger partial charge in [-0.1, -0.05) is 29.8 Å². The lowest BCUT2D eigenvalue weighted by Crippen LogP contribution is -2.42. The second-order valence-corrected chi connectivity index (χ2v) is 10.0. The summed E-state index contributed by atoms with van der Waals surface area (Å²) in [7, 11) is 0. The Morgan fingerprint density at radius 1 is 1.00 bits per heavy atom. The number of aromatic nitrogens is 2. The molecule has 7 heteroatoms. The molecule has 3 aromatic rings. The van der Waals surface area contributed by atoms with E-state index >= 15 is 0 Å². The number of nitrogens with zero attached hydrogens (tertiary/aromatic N) is 3. The van der Waals surface area contributed by atoms with Gasteiger partial charge >= 0.3 is 5.69 Å². The summed E-state index contributed by atoms with van der Waals surface area (Å²) in [5.41, 5.74) is 2.49. The normalized spacial score (nSPS) is 18.5. The molecule has 0 unspecified atom stereocenters. The Balaban J connectivity index is 1.56. The van der Waals surface area contributed by atoms with Gasteiger partial charge in [0.15, 0.2) is 0 Å². The summed E-state index contributed by atoms with van der Waals surface area (Å²) in [6.07, 6.45) is 3.38. The van der Waals surface area contributed by atoms with Gasteiger partial charge in [0.2, 0.25) is 5.91 Å². The van der Waals surface area contributed by atoms with Crippen molar-refractivity contribution in [3.8, 4) is 0 Å². The third-order valence-electron chi connectivity index (χ3n) is 7.01. The summed E-state index contributed by atoms with van der Waals surface area (Å²) >= 11 is 1.40. The highest BCUT2D eigenvalue weighted by atomic mass is 32.1. The van der Waals surface area contributed by atoms with Gasteiger partial charge in [0.05, 0.1) is 12.1 Å². The number of thiophene rings is 1. The molecular weight excluding hydrogens is 434 g/mol. The van der Waals surface area contributed by atoms with Crippen molar-refractivity contribution in [3.63, 3.8) is 0 Å². The highest BCUT2D eigenvalue weighted by Gasteiger charge is 2.29. The first-order valence-electron chi connectivity index (χ1n) is 12.0. The first kappa shape index (κ1) is 23.5. The van der Waals surface area contributed by atoms with E-state index in [0.29, 0.717) is 23.3 Å². The van der Waals surface area contributed by atoms with Crippen LogP contribution < -0.4 is 11.2 Å². The molecule has 0 bridgehead atoms. The van der Waals surface area contributed by atoms with E-state index in [1.807, 2.05) is 61.4 Å². The summed E-state index contributed by atoms with van der Waals surface area (Å²) in [4.78, 5) is 41.2. The molecule has 1 aliphatic rings. The molecule has 4 rings (SSSR count). The summed E-state index contributed by atoms with van der Waals surface area (Å²) in [6.45, 7) is 8.42. The zero-order valence-electron chi connectivity index (χ0n) is 19.8. The molecular formula is C26H33N3O3S. The number of hydrogen-bond acceptors (Lipinski definition) is 4. The molecule has 0 radical (unpaired) electrons. The lowest BCUT2D eigenvalue weighted by molar-refractivity contribution is -0.136. The van der Waals surface area contributed by atoms with Crippen molar-refractivity contribution >= 4 is 27.5 Å². The van der Waals surface area contributed by atoms with Gasteiger partial charge in [-0.2, -0.15) is 0 Å². The average molecular weight is 468 g/mol. The van der Waals surface area contributed by atoms with Crippen LogP contribution >= 0.6 is 11.3 Å². The number of rotatable bonds is 7. The molecule has 1 saturated carbocycles. The summed E-state index contributed by atoms with van der Waals surface area (Å²) in [6, 6.07) is 10.0. The van der Waals surface area contributed by atoms with Gasteiger partial charge in [-0.25, -0.2) is 4.79 Å². The summed E-state index contributed by atoms with van der Waals surface area (Å²) in [5, 5.41) is 1.88. The van der Waals surface area contributed by atoms with Crippen LogP contribution in [0.3, 0.4) is 0 Å². The number of carbonyl (C=O) groups is 1. The minimum Gasteiger partial charge on any atom is -0.343 e. The molecule has 0 aliphatic heterocycles. The fourth-order valence-electron chi connectivity index (χ4n) is 4.97. The Hall–Kier alpha value is -2.67. The minimum absolute atomic E-state index is 0.0656. The Bertz CT molecular complexity index is 1230. The van der Waals surface area contributed by atoms with Crippen LogP contribution in [0.4, 0.5) is 0 Å². The lowest BCUT2D eigenvalue weighted by atomic mass is 9.81. The largest absolute Gasteiger partial charge is 0.343 e. The number of amides is 1. The van der Waals surface area contributed by atoms with Crippen LogP contribution in [0.1, 0.15) is 50.7 Å². The van der Waals surface area contributed by atoms with Gasteiger partial charge in [-0.15, -0.1) is 11.3 Å². The van der Waals surface area contributed by atoms with Crippen LogP contribution in [0, 0.1) is 18.8 Å². The molecule has 1 aromatic carbocycles. The Morgan fingerprint density at radius 2 is 1.67 bits per heavy atom. The van der Waals surface area contributed by atoms with Crippen LogP contribution in [-0.2, 0) is 17.9 Å². The molecule has 2 heterocycles. The molecule has 0 spiro atoms. The topological polar surface area (TPSA) is 64.3 Å². The van der Waals surface area contributed by atoms with E-state index in [4.69, 9.17) is 0 Å². The molecule has 0 atom stereocenters. The molecule has 1 aliphatic carbocycles. The first-order chi connectivity index (χ1) is 15.9.